The van der Waals surface area contributed by atoms with Crippen LogP contribution in [-0.2, 0) is 0 Å². The number of carbonyl (C=O) groups is 1. The van der Waals surface area contributed by atoms with Gasteiger partial charge in [0.25, 0.3) is 0 Å². The van der Waals surface area contributed by atoms with Crippen molar-refractivity contribution in [2.45, 2.75) is 0 Å². The summed E-state index contributed by atoms with van der Waals surface area (Å²) in [6.07, 6.45) is 0.508. The lowest BCUT2D eigenvalue weighted by Crippen LogP contribution is -1.87. The Bertz CT molecular complexity index is 856. The Labute approximate surface area is 120 Å². The molecule has 0 heterocycles. The van der Waals surface area contributed by atoms with E-state index in [0.29, 0.717) is 11.8 Å². The number of aldehydes is 1. The van der Waals surface area contributed by atoms with Crippen LogP contribution in [0.15, 0.2) is 59.8 Å². The van der Waals surface area contributed by atoms with Gasteiger partial charge in [-0.15, -0.1) is 4.91 Å². The number of phenols is 1. The molecule has 0 amide bonds. The third-order valence-electron chi connectivity index (χ3n) is 3.42. The molecule has 0 radical (unpaired) electrons. The molecule has 0 atom stereocenters. The Balaban J connectivity index is 2.26. The summed E-state index contributed by atoms with van der Waals surface area (Å²) in [5, 5.41) is 15.1. The molecular formula is C17H11NO3. The van der Waals surface area contributed by atoms with Crippen LogP contribution in [0, 0.1) is 4.91 Å². The molecule has 3 aromatic rings. The molecule has 1 N–H and O–H groups in total. The van der Waals surface area contributed by atoms with E-state index in [4.69, 9.17) is 0 Å². The number of benzene rings is 3. The van der Waals surface area contributed by atoms with Gasteiger partial charge in [0.2, 0.25) is 0 Å². The van der Waals surface area contributed by atoms with Gasteiger partial charge in [-0.1, -0.05) is 36.4 Å². The van der Waals surface area contributed by atoms with E-state index in [0.717, 1.165) is 16.3 Å². The fourth-order valence-corrected chi connectivity index (χ4v) is 2.36. The van der Waals surface area contributed by atoms with Crippen LogP contribution in [0.3, 0.4) is 0 Å². The lowest BCUT2D eigenvalue weighted by molar-refractivity contribution is 0.112. The van der Waals surface area contributed by atoms with Gasteiger partial charge < -0.3 is 5.11 Å². The van der Waals surface area contributed by atoms with Crippen LogP contribution in [0.2, 0.25) is 0 Å². The predicted molar refractivity (Wildman–Crippen MR) is 81.9 cm³/mol. The lowest BCUT2D eigenvalue weighted by Gasteiger charge is -2.09. The zero-order chi connectivity index (χ0) is 14.8. The van der Waals surface area contributed by atoms with Crippen molar-refractivity contribution >= 4 is 22.7 Å². The number of nitroso groups, excluding NO2 is 1. The topological polar surface area (TPSA) is 66.7 Å². The molecule has 4 nitrogen and oxygen atoms in total. The highest BCUT2D eigenvalue weighted by Crippen LogP contribution is 2.36. The summed E-state index contributed by atoms with van der Waals surface area (Å²) in [6, 6.07) is 16.2. The number of fused-ring (bicyclic) bond motifs is 1. The zero-order valence-corrected chi connectivity index (χ0v) is 11.0. The van der Waals surface area contributed by atoms with Crippen molar-refractivity contribution in [1.82, 2.24) is 0 Å². The van der Waals surface area contributed by atoms with E-state index < -0.39 is 0 Å². The smallest absolute Gasteiger partial charge is 0.153 e. The van der Waals surface area contributed by atoms with Gasteiger partial charge in [0.1, 0.15) is 11.4 Å². The van der Waals surface area contributed by atoms with Crippen molar-refractivity contribution in [1.29, 1.82) is 0 Å². The molecule has 0 saturated carbocycles. The molecule has 3 aromatic carbocycles. The second kappa shape index (κ2) is 5.17. The van der Waals surface area contributed by atoms with Gasteiger partial charge in [0.15, 0.2) is 6.29 Å². The first-order valence-corrected chi connectivity index (χ1v) is 6.37. The van der Waals surface area contributed by atoms with Gasteiger partial charge in [-0.25, -0.2) is 0 Å². The lowest BCUT2D eigenvalue weighted by atomic mass is 9.98. The fourth-order valence-electron chi connectivity index (χ4n) is 2.36. The molecule has 0 unspecified atom stereocenters. The molecule has 102 valence electrons. The maximum atomic E-state index is 11.0. The minimum absolute atomic E-state index is 0.0512. The van der Waals surface area contributed by atoms with Gasteiger partial charge in [-0.2, -0.15) is 0 Å². The fraction of sp³-hybridized carbons (Fsp3) is 0. The van der Waals surface area contributed by atoms with Crippen molar-refractivity contribution < 1.29 is 9.90 Å². The second-order valence-electron chi connectivity index (χ2n) is 4.70. The van der Waals surface area contributed by atoms with Crippen LogP contribution < -0.4 is 0 Å². The maximum Gasteiger partial charge on any atom is 0.153 e. The first-order valence-electron chi connectivity index (χ1n) is 6.37. The average Bonchev–Trinajstić information content (AvgIpc) is 2.54. The van der Waals surface area contributed by atoms with E-state index in [1.165, 1.54) is 12.1 Å². The predicted octanol–water partition coefficient (Wildman–Crippen LogP) is 4.42. The van der Waals surface area contributed by atoms with Gasteiger partial charge >= 0.3 is 0 Å². The second-order valence-corrected chi connectivity index (χ2v) is 4.70. The highest BCUT2D eigenvalue weighted by Gasteiger charge is 2.12. The Kier molecular flexibility index (Phi) is 3.20. The first-order chi connectivity index (χ1) is 10.2. The molecule has 0 aliphatic heterocycles. The number of aromatic hydroxyl groups is 1. The molecule has 0 fully saturated rings. The zero-order valence-electron chi connectivity index (χ0n) is 11.0. The van der Waals surface area contributed by atoms with E-state index in [2.05, 4.69) is 5.18 Å². The average molecular weight is 277 g/mol. The minimum atomic E-state index is -0.146. The number of carbonyl (C=O) groups excluding carboxylic acids is 1. The quantitative estimate of drug-likeness (QED) is 0.569. The summed E-state index contributed by atoms with van der Waals surface area (Å²) in [7, 11) is 0. The van der Waals surface area contributed by atoms with Gasteiger partial charge in [0.05, 0.1) is 5.56 Å². The SMILES string of the molecule is O=Cc1cc(N=O)cc(-c2ccc3ccccc3c2)c1O. The third kappa shape index (κ3) is 2.27. The van der Waals surface area contributed by atoms with Crippen LogP contribution in [-0.4, -0.2) is 11.4 Å². The Hall–Kier alpha value is -3.01. The summed E-state index contributed by atoms with van der Waals surface area (Å²) in [4.78, 5) is 21.7. The molecule has 21 heavy (non-hydrogen) atoms. The minimum Gasteiger partial charge on any atom is -0.507 e. The highest BCUT2D eigenvalue weighted by atomic mass is 16.3. The standard InChI is InChI=1S/C17H11NO3/c19-10-14-8-15(18-21)9-16(17(14)20)13-6-5-11-3-1-2-4-12(11)7-13/h1-10,20H. The normalized spacial score (nSPS) is 10.5. The van der Waals surface area contributed by atoms with Crippen molar-refractivity contribution in [2.75, 3.05) is 0 Å². The largest absolute Gasteiger partial charge is 0.507 e. The molecular weight excluding hydrogens is 266 g/mol. The number of phenolic OH excluding ortho intramolecular Hbond substituents is 1. The Morgan fingerprint density at radius 1 is 0.952 bits per heavy atom. The van der Waals surface area contributed by atoms with Gasteiger partial charge in [0, 0.05) is 5.56 Å². The van der Waals surface area contributed by atoms with E-state index in [1.807, 2.05) is 42.5 Å². The molecule has 4 heteroatoms. The number of hydrogen-bond donors (Lipinski definition) is 1. The maximum absolute atomic E-state index is 11.0. The van der Waals surface area contributed by atoms with Crippen LogP contribution in [0.1, 0.15) is 10.4 Å². The molecule has 0 saturated heterocycles. The van der Waals surface area contributed by atoms with Crippen LogP contribution in [0.5, 0.6) is 5.75 Å². The van der Waals surface area contributed by atoms with Gasteiger partial charge in [-0.05, 0) is 39.7 Å². The van der Waals surface area contributed by atoms with E-state index >= 15 is 0 Å². The van der Waals surface area contributed by atoms with Crippen LogP contribution >= 0.6 is 0 Å². The molecule has 0 aliphatic carbocycles. The highest BCUT2D eigenvalue weighted by molar-refractivity contribution is 5.92. The van der Waals surface area contributed by atoms with Crippen molar-refractivity contribution in [3.63, 3.8) is 0 Å². The molecule has 0 bridgehead atoms. The van der Waals surface area contributed by atoms with Crippen LogP contribution in [0.4, 0.5) is 5.69 Å². The number of rotatable bonds is 3. The summed E-state index contributed by atoms with van der Waals surface area (Å²) in [6.45, 7) is 0. The molecule has 0 aromatic heterocycles. The van der Waals surface area contributed by atoms with E-state index in [-0.39, 0.29) is 17.0 Å². The summed E-state index contributed by atoms with van der Waals surface area (Å²) in [5.74, 6) is -0.146. The number of hydrogen-bond acceptors (Lipinski definition) is 4. The van der Waals surface area contributed by atoms with E-state index in [9.17, 15) is 14.8 Å². The number of nitrogens with zero attached hydrogens (tertiary/aromatic N) is 1. The van der Waals surface area contributed by atoms with E-state index in [1.54, 1.807) is 0 Å². The Morgan fingerprint density at radius 2 is 1.71 bits per heavy atom. The summed E-state index contributed by atoms with van der Waals surface area (Å²) < 4.78 is 0. The molecule has 3 rings (SSSR count). The third-order valence-corrected chi connectivity index (χ3v) is 3.42. The summed E-state index contributed by atoms with van der Waals surface area (Å²) >= 11 is 0. The molecule has 0 aliphatic rings. The monoisotopic (exact) mass is 277 g/mol. The molecule has 0 spiro atoms. The Morgan fingerprint density at radius 3 is 2.43 bits per heavy atom. The summed E-state index contributed by atoms with van der Waals surface area (Å²) in [5.41, 5.74) is 1.30. The van der Waals surface area contributed by atoms with Crippen molar-refractivity contribution in [2.24, 2.45) is 5.18 Å². The van der Waals surface area contributed by atoms with Crippen molar-refractivity contribution in [3.05, 3.63) is 65.1 Å². The van der Waals surface area contributed by atoms with Gasteiger partial charge in [-0.3, -0.25) is 4.79 Å². The first kappa shape index (κ1) is 13.0. The van der Waals surface area contributed by atoms with Crippen LogP contribution in [0.25, 0.3) is 21.9 Å². The van der Waals surface area contributed by atoms with Crippen molar-refractivity contribution in [3.8, 4) is 16.9 Å².